The number of hydrogen-bond acceptors (Lipinski definition) is 2. The van der Waals surface area contributed by atoms with Gasteiger partial charge in [-0.3, -0.25) is 0 Å². The molecule has 1 aromatic carbocycles. The van der Waals surface area contributed by atoms with Crippen molar-refractivity contribution in [1.82, 2.24) is 5.32 Å². The number of hydrogen-bond donors (Lipinski definition) is 1. The van der Waals surface area contributed by atoms with Gasteiger partial charge >= 0.3 is 0 Å². The van der Waals surface area contributed by atoms with Gasteiger partial charge in [0.2, 0.25) is 0 Å². The maximum absolute atomic E-state index is 13.8. The van der Waals surface area contributed by atoms with Crippen molar-refractivity contribution in [3.63, 3.8) is 0 Å². The third-order valence-corrected chi connectivity index (χ3v) is 4.49. The van der Waals surface area contributed by atoms with E-state index in [0.29, 0.717) is 23.8 Å². The number of ether oxygens (including phenoxy) is 1. The first-order valence-electron chi connectivity index (χ1n) is 6.50. The van der Waals surface area contributed by atoms with E-state index in [0.717, 1.165) is 17.3 Å². The molecule has 2 bridgehead atoms. The van der Waals surface area contributed by atoms with Crippen LogP contribution in [0.1, 0.15) is 37.8 Å². The fourth-order valence-corrected chi connectivity index (χ4v) is 3.45. The predicted molar refractivity (Wildman–Crippen MR) is 72.0 cm³/mol. The molecule has 4 atom stereocenters. The highest BCUT2D eigenvalue weighted by molar-refractivity contribution is 9.10. The lowest BCUT2D eigenvalue weighted by Gasteiger charge is -2.25. The standard InChI is InChI=1S/C14H17BrFNO/c1-8(11-6-9(15)2-4-12(11)16)17-13-7-10-3-5-14(13)18-10/h2,4,6,8,10,13-14,17H,3,5,7H2,1H3. The summed E-state index contributed by atoms with van der Waals surface area (Å²) in [7, 11) is 0. The first-order chi connectivity index (χ1) is 8.63. The van der Waals surface area contributed by atoms with Crippen LogP contribution in [0.2, 0.25) is 0 Å². The highest BCUT2D eigenvalue weighted by Crippen LogP contribution is 2.35. The summed E-state index contributed by atoms with van der Waals surface area (Å²) >= 11 is 3.39. The minimum atomic E-state index is -0.151. The summed E-state index contributed by atoms with van der Waals surface area (Å²) in [5.41, 5.74) is 0.715. The summed E-state index contributed by atoms with van der Waals surface area (Å²) in [5.74, 6) is -0.151. The minimum Gasteiger partial charge on any atom is -0.373 e. The lowest BCUT2D eigenvalue weighted by molar-refractivity contribution is 0.0962. The SMILES string of the molecule is CC(NC1CC2CCC1O2)c1cc(Br)ccc1F. The maximum atomic E-state index is 13.8. The Morgan fingerprint density at radius 1 is 1.44 bits per heavy atom. The minimum absolute atomic E-state index is 0.00968. The average molecular weight is 314 g/mol. The zero-order valence-electron chi connectivity index (χ0n) is 10.3. The van der Waals surface area contributed by atoms with Gasteiger partial charge in [-0.25, -0.2) is 4.39 Å². The molecule has 0 saturated carbocycles. The topological polar surface area (TPSA) is 21.3 Å². The highest BCUT2D eigenvalue weighted by Gasteiger charge is 2.41. The molecule has 1 N–H and O–H groups in total. The molecule has 1 aromatic rings. The summed E-state index contributed by atoms with van der Waals surface area (Å²) in [6.45, 7) is 2.01. The fraction of sp³-hybridized carbons (Fsp3) is 0.571. The van der Waals surface area contributed by atoms with Crippen molar-refractivity contribution in [3.8, 4) is 0 Å². The molecule has 4 unspecified atom stereocenters. The molecular formula is C14H17BrFNO. The average Bonchev–Trinajstić information content (AvgIpc) is 2.94. The van der Waals surface area contributed by atoms with Gasteiger partial charge in [0.15, 0.2) is 0 Å². The van der Waals surface area contributed by atoms with Gasteiger partial charge in [0.05, 0.1) is 12.2 Å². The Bertz CT molecular complexity index is 453. The number of nitrogens with one attached hydrogen (secondary N) is 1. The van der Waals surface area contributed by atoms with E-state index in [1.54, 1.807) is 6.07 Å². The lowest BCUT2D eigenvalue weighted by Crippen LogP contribution is -2.39. The first-order valence-corrected chi connectivity index (χ1v) is 7.29. The van der Waals surface area contributed by atoms with Crippen LogP contribution in [0.15, 0.2) is 22.7 Å². The molecule has 0 aliphatic carbocycles. The third kappa shape index (κ3) is 2.33. The van der Waals surface area contributed by atoms with Crippen molar-refractivity contribution in [2.24, 2.45) is 0 Å². The van der Waals surface area contributed by atoms with E-state index < -0.39 is 0 Å². The summed E-state index contributed by atoms with van der Waals surface area (Å²) in [6.07, 6.45) is 4.13. The van der Waals surface area contributed by atoms with Gasteiger partial charge in [-0.2, -0.15) is 0 Å². The number of fused-ring (bicyclic) bond motifs is 2. The maximum Gasteiger partial charge on any atom is 0.128 e. The highest BCUT2D eigenvalue weighted by atomic mass is 79.9. The number of rotatable bonds is 3. The summed E-state index contributed by atoms with van der Waals surface area (Å²) < 4.78 is 20.5. The van der Waals surface area contributed by atoms with Crippen LogP contribution in [0.3, 0.4) is 0 Å². The molecule has 0 amide bonds. The van der Waals surface area contributed by atoms with Crippen molar-refractivity contribution in [1.29, 1.82) is 0 Å². The molecule has 2 heterocycles. The van der Waals surface area contributed by atoms with Crippen LogP contribution in [-0.2, 0) is 4.74 Å². The second-order valence-corrected chi connectivity index (χ2v) is 6.19. The molecule has 2 nitrogen and oxygen atoms in total. The molecule has 98 valence electrons. The van der Waals surface area contributed by atoms with Gasteiger partial charge in [0.25, 0.3) is 0 Å². The second kappa shape index (κ2) is 4.91. The summed E-state index contributed by atoms with van der Waals surface area (Å²) in [6, 6.07) is 5.47. The van der Waals surface area contributed by atoms with E-state index in [9.17, 15) is 4.39 Å². The van der Waals surface area contributed by atoms with Gasteiger partial charge in [-0.15, -0.1) is 0 Å². The molecule has 18 heavy (non-hydrogen) atoms. The molecule has 4 heteroatoms. The summed E-state index contributed by atoms with van der Waals surface area (Å²) in [5, 5.41) is 3.51. The van der Waals surface area contributed by atoms with Crippen molar-refractivity contribution < 1.29 is 9.13 Å². The van der Waals surface area contributed by atoms with Crippen LogP contribution >= 0.6 is 15.9 Å². The zero-order valence-corrected chi connectivity index (χ0v) is 11.9. The monoisotopic (exact) mass is 313 g/mol. The zero-order chi connectivity index (χ0) is 12.7. The van der Waals surface area contributed by atoms with Crippen LogP contribution < -0.4 is 5.32 Å². The van der Waals surface area contributed by atoms with Crippen molar-refractivity contribution in [3.05, 3.63) is 34.1 Å². The van der Waals surface area contributed by atoms with E-state index in [2.05, 4.69) is 21.2 Å². The Hall–Kier alpha value is -0.450. The first kappa shape index (κ1) is 12.6. The van der Waals surface area contributed by atoms with E-state index >= 15 is 0 Å². The van der Waals surface area contributed by atoms with Crippen molar-refractivity contribution in [2.75, 3.05) is 0 Å². The van der Waals surface area contributed by atoms with Gasteiger partial charge in [-0.1, -0.05) is 15.9 Å². The number of halogens is 2. The predicted octanol–water partition coefficient (Wildman–Crippen LogP) is 3.56. The number of benzene rings is 1. The molecule has 0 spiro atoms. The van der Waals surface area contributed by atoms with Crippen LogP contribution in [0, 0.1) is 5.82 Å². The Morgan fingerprint density at radius 3 is 2.94 bits per heavy atom. The Morgan fingerprint density at radius 2 is 2.28 bits per heavy atom. The summed E-state index contributed by atoms with van der Waals surface area (Å²) in [4.78, 5) is 0. The van der Waals surface area contributed by atoms with Gasteiger partial charge in [0.1, 0.15) is 5.82 Å². The smallest absolute Gasteiger partial charge is 0.128 e. The Balaban J connectivity index is 1.71. The van der Waals surface area contributed by atoms with Crippen LogP contribution in [0.25, 0.3) is 0 Å². The molecule has 2 fully saturated rings. The largest absolute Gasteiger partial charge is 0.373 e. The van der Waals surface area contributed by atoms with Crippen LogP contribution in [0.5, 0.6) is 0 Å². The molecule has 2 saturated heterocycles. The Kier molecular flexibility index (Phi) is 3.43. The van der Waals surface area contributed by atoms with E-state index in [1.807, 2.05) is 13.0 Å². The lowest BCUT2D eigenvalue weighted by atomic mass is 9.94. The molecule has 2 aliphatic heterocycles. The van der Waals surface area contributed by atoms with Crippen molar-refractivity contribution >= 4 is 15.9 Å². The van der Waals surface area contributed by atoms with Gasteiger partial charge in [0, 0.05) is 22.1 Å². The Labute approximate surface area is 115 Å². The fourth-order valence-electron chi connectivity index (χ4n) is 3.07. The van der Waals surface area contributed by atoms with E-state index in [1.165, 1.54) is 12.5 Å². The second-order valence-electron chi connectivity index (χ2n) is 5.27. The van der Waals surface area contributed by atoms with Crippen molar-refractivity contribution in [2.45, 2.75) is 50.5 Å². The van der Waals surface area contributed by atoms with Crippen LogP contribution in [0.4, 0.5) is 4.39 Å². The quantitative estimate of drug-likeness (QED) is 0.921. The van der Waals surface area contributed by atoms with Gasteiger partial charge in [-0.05, 0) is 44.4 Å². The van der Waals surface area contributed by atoms with Crippen LogP contribution in [-0.4, -0.2) is 18.2 Å². The molecule has 0 radical (unpaired) electrons. The molecule has 0 aromatic heterocycles. The normalized spacial score (nSPS) is 31.8. The third-order valence-electron chi connectivity index (χ3n) is 3.99. The van der Waals surface area contributed by atoms with E-state index in [4.69, 9.17) is 4.74 Å². The molecular weight excluding hydrogens is 297 g/mol. The molecule has 3 rings (SSSR count). The molecule has 2 aliphatic rings. The van der Waals surface area contributed by atoms with Gasteiger partial charge < -0.3 is 10.1 Å². The van der Waals surface area contributed by atoms with E-state index in [-0.39, 0.29) is 11.9 Å².